The molecule has 5 nitrogen and oxygen atoms in total. The Labute approximate surface area is 128 Å². The molecule has 0 bridgehead atoms. The molecule has 2 rings (SSSR count). The summed E-state index contributed by atoms with van der Waals surface area (Å²) in [6.07, 6.45) is 0. The van der Waals surface area contributed by atoms with Crippen LogP contribution >= 0.6 is 23.2 Å². The lowest BCUT2D eigenvalue weighted by Gasteiger charge is -2.09. The second kappa shape index (κ2) is 5.67. The Morgan fingerprint density at radius 3 is 2.52 bits per heavy atom. The maximum Gasteiger partial charge on any atom is 0.270 e. The lowest BCUT2D eigenvalue weighted by atomic mass is 10.0. The van der Waals surface area contributed by atoms with E-state index in [0.29, 0.717) is 0 Å². The second-order valence-corrected chi connectivity index (χ2v) is 4.92. The van der Waals surface area contributed by atoms with Crippen molar-refractivity contribution < 1.29 is 14.4 Å². The summed E-state index contributed by atoms with van der Waals surface area (Å²) in [6, 6.07) is 5.26. The molecule has 2 aromatic rings. The molecule has 0 saturated heterocycles. The normalized spacial score (nSPS) is 10.4. The summed E-state index contributed by atoms with van der Waals surface area (Å²) in [6.45, 7) is 0. The Balaban J connectivity index is 2.60. The van der Waals surface area contributed by atoms with Crippen LogP contribution in [0.1, 0.15) is 11.1 Å². The number of benzene rings is 2. The van der Waals surface area contributed by atoms with Crippen LogP contribution in [0.3, 0.4) is 0 Å². The minimum atomic E-state index is -0.832. The van der Waals surface area contributed by atoms with Gasteiger partial charge in [-0.2, -0.15) is 0 Å². The highest BCUT2D eigenvalue weighted by Crippen LogP contribution is 2.33. The SMILES string of the molecule is N=C(c1cc([N+](=O)[O-])ccc1F)c1cc(Cl)cc(Cl)c1O. The first-order valence-electron chi connectivity index (χ1n) is 5.52. The maximum absolute atomic E-state index is 13.8. The Morgan fingerprint density at radius 2 is 1.90 bits per heavy atom. The van der Waals surface area contributed by atoms with Crippen LogP contribution in [-0.4, -0.2) is 15.7 Å². The molecule has 0 aliphatic carbocycles. The highest BCUT2D eigenvalue weighted by Gasteiger charge is 2.19. The van der Waals surface area contributed by atoms with Gasteiger partial charge in [0.1, 0.15) is 11.6 Å². The van der Waals surface area contributed by atoms with Gasteiger partial charge in [0.25, 0.3) is 5.69 Å². The van der Waals surface area contributed by atoms with Gasteiger partial charge in [-0.15, -0.1) is 0 Å². The van der Waals surface area contributed by atoms with E-state index in [2.05, 4.69) is 0 Å². The van der Waals surface area contributed by atoms with E-state index in [4.69, 9.17) is 28.6 Å². The van der Waals surface area contributed by atoms with Crippen LogP contribution in [0.5, 0.6) is 5.75 Å². The summed E-state index contributed by atoms with van der Waals surface area (Å²) in [5.41, 5.74) is -1.29. The summed E-state index contributed by atoms with van der Waals surface area (Å²) in [7, 11) is 0. The third-order valence-corrected chi connectivity index (χ3v) is 3.23. The molecule has 8 heteroatoms. The zero-order valence-corrected chi connectivity index (χ0v) is 11.7. The minimum Gasteiger partial charge on any atom is -0.506 e. The summed E-state index contributed by atoms with van der Waals surface area (Å²) in [5.74, 6) is -1.28. The van der Waals surface area contributed by atoms with Crippen molar-refractivity contribution in [3.63, 3.8) is 0 Å². The van der Waals surface area contributed by atoms with Gasteiger partial charge in [-0.1, -0.05) is 23.2 Å². The smallest absolute Gasteiger partial charge is 0.270 e. The Kier molecular flexibility index (Phi) is 4.11. The van der Waals surface area contributed by atoms with E-state index < -0.39 is 22.2 Å². The fraction of sp³-hybridized carbons (Fsp3) is 0. The number of non-ortho nitro benzene ring substituents is 1. The molecule has 0 heterocycles. The number of halogens is 3. The first-order chi connectivity index (χ1) is 9.81. The van der Waals surface area contributed by atoms with E-state index in [1.807, 2.05) is 0 Å². The van der Waals surface area contributed by atoms with Crippen LogP contribution in [0.25, 0.3) is 0 Å². The van der Waals surface area contributed by atoms with Crippen LogP contribution in [0.4, 0.5) is 10.1 Å². The van der Waals surface area contributed by atoms with Crippen molar-refractivity contribution >= 4 is 34.6 Å². The maximum atomic E-state index is 13.8. The third-order valence-electron chi connectivity index (χ3n) is 2.73. The molecule has 0 radical (unpaired) electrons. The minimum absolute atomic E-state index is 0.104. The first-order valence-corrected chi connectivity index (χ1v) is 6.28. The lowest BCUT2D eigenvalue weighted by molar-refractivity contribution is -0.384. The zero-order chi connectivity index (χ0) is 15.7. The van der Waals surface area contributed by atoms with Crippen LogP contribution in [0.2, 0.25) is 10.0 Å². The molecular formula is C13H7Cl2FN2O3. The Morgan fingerprint density at radius 1 is 1.24 bits per heavy atom. The van der Waals surface area contributed by atoms with E-state index in [-0.39, 0.29) is 26.9 Å². The number of hydrogen-bond acceptors (Lipinski definition) is 4. The van der Waals surface area contributed by atoms with Crippen molar-refractivity contribution in [2.24, 2.45) is 0 Å². The molecule has 0 aliphatic rings. The van der Waals surface area contributed by atoms with Crippen LogP contribution < -0.4 is 0 Å². The summed E-state index contributed by atoms with van der Waals surface area (Å²) in [5, 5.41) is 28.5. The Hall–Kier alpha value is -2.18. The number of nitrogens with one attached hydrogen (secondary N) is 1. The zero-order valence-electron chi connectivity index (χ0n) is 10.2. The molecule has 2 N–H and O–H groups in total. The standard InChI is InChI=1S/C13H7Cl2FN2O3/c14-6-3-9(13(19)10(15)4-6)12(17)8-5-7(18(20)21)1-2-11(8)16/h1-5,17,19H. The van der Waals surface area contributed by atoms with E-state index in [1.54, 1.807) is 0 Å². The van der Waals surface area contributed by atoms with Crippen molar-refractivity contribution in [3.05, 3.63) is 67.4 Å². The average Bonchev–Trinajstić information content (AvgIpc) is 2.42. The van der Waals surface area contributed by atoms with E-state index in [1.165, 1.54) is 12.1 Å². The van der Waals surface area contributed by atoms with E-state index in [9.17, 15) is 19.6 Å². The molecule has 0 fully saturated rings. The molecule has 0 aliphatic heterocycles. The number of aromatic hydroxyl groups is 1. The number of hydrogen-bond donors (Lipinski definition) is 2. The molecule has 0 unspecified atom stereocenters. The van der Waals surface area contributed by atoms with Gasteiger partial charge in [0.2, 0.25) is 0 Å². The van der Waals surface area contributed by atoms with Crippen molar-refractivity contribution in [1.29, 1.82) is 5.41 Å². The average molecular weight is 329 g/mol. The van der Waals surface area contributed by atoms with Gasteiger partial charge >= 0.3 is 0 Å². The van der Waals surface area contributed by atoms with Gasteiger partial charge in [0.15, 0.2) is 0 Å². The van der Waals surface area contributed by atoms with Gasteiger partial charge in [-0.05, 0) is 18.2 Å². The predicted octanol–water partition coefficient (Wildman–Crippen LogP) is 4.16. The van der Waals surface area contributed by atoms with Crippen LogP contribution in [0.15, 0.2) is 30.3 Å². The van der Waals surface area contributed by atoms with Gasteiger partial charge < -0.3 is 5.11 Å². The van der Waals surface area contributed by atoms with Crippen molar-refractivity contribution in [3.8, 4) is 5.75 Å². The molecule has 108 valence electrons. The molecule has 0 atom stereocenters. The second-order valence-electron chi connectivity index (χ2n) is 4.08. The molecule has 0 saturated carbocycles. The summed E-state index contributed by atoms with van der Waals surface area (Å²) in [4.78, 5) is 10.0. The molecule has 0 spiro atoms. The van der Waals surface area contributed by atoms with Gasteiger partial charge in [0, 0.05) is 28.3 Å². The number of phenolic OH excluding ortho intramolecular Hbond substituents is 1. The molecular weight excluding hydrogens is 322 g/mol. The van der Waals surface area contributed by atoms with Crippen molar-refractivity contribution in [2.75, 3.05) is 0 Å². The quantitative estimate of drug-likeness (QED) is 0.503. The summed E-state index contributed by atoms with van der Waals surface area (Å²) >= 11 is 11.5. The lowest BCUT2D eigenvalue weighted by Crippen LogP contribution is -2.06. The molecule has 0 amide bonds. The van der Waals surface area contributed by atoms with Crippen molar-refractivity contribution in [2.45, 2.75) is 0 Å². The number of nitro benzene ring substituents is 1. The number of phenols is 1. The number of nitro groups is 1. The molecule has 21 heavy (non-hydrogen) atoms. The van der Waals surface area contributed by atoms with Crippen molar-refractivity contribution in [1.82, 2.24) is 0 Å². The largest absolute Gasteiger partial charge is 0.506 e. The van der Waals surface area contributed by atoms with Gasteiger partial charge in [-0.25, -0.2) is 4.39 Å². The van der Waals surface area contributed by atoms with Gasteiger partial charge in [0.05, 0.1) is 15.7 Å². The molecule has 2 aromatic carbocycles. The summed E-state index contributed by atoms with van der Waals surface area (Å²) < 4.78 is 13.8. The number of rotatable bonds is 3. The highest BCUT2D eigenvalue weighted by molar-refractivity contribution is 6.36. The van der Waals surface area contributed by atoms with Gasteiger partial charge in [-0.3, -0.25) is 15.5 Å². The van der Waals surface area contributed by atoms with E-state index in [0.717, 1.165) is 18.2 Å². The number of nitrogens with zero attached hydrogens (tertiary/aromatic N) is 1. The fourth-order valence-corrected chi connectivity index (χ4v) is 2.21. The Bertz CT molecular complexity index is 765. The first kappa shape index (κ1) is 15.2. The molecule has 0 aromatic heterocycles. The topological polar surface area (TPSA) is 87.2 Å². The third kappa shape index (κ3) is 2.96. The van der Waals surface area contributed by atoms with E-state index >= 15 is 0 Å². The van der Waals surface area contributed by atoms with Crippen LogP contribution in [-0.2, 0) is 0 Å². The monoisotopic (exact) mass is 328 g/mol. The fourth-order valence-electron chi connectivity index (χ4n) is 1.72. The van der Waals surface area contributed by atoms with Crippen LogP contribution in [0, 0.1) is 21.3 Å². The highest BCUT2D eigenvalue weighted by atomic mass is 35.5. The predicted molar refractivity (Wildman–Crippen MR) is 77.1 cm³/mol.